The Morgan fingerprint density at radius 3 is 2.44 bits per heavy atom. The van der Waals surface area contributed by atoms with E-state index in [1.807, 2.05) is 0 Å². The monoisotopic (exact) mass is 428 g/mol. The lowest BCUT2D eigenvalue weighted by atomic mass is 10.1. The highest BCUT2D eigenvalue weighted by Crippen LogP contribution is 2.33. The van der Waals surface area contributed by atoms with E-state index in [4.69, 9.17) is 21.1 Å². The van der Waals surface area contributed by atoms with E-state index in [2.05, 4.69) is 21.2 Å². The Morgan fingerprint density at radius 1 is 1.24 bits per heavy atom. The topological polar surface area (TPSA) is 90.7 Å². The number of nitro groups is 1. The minimum atomic E-state index is -0.575. The van der Waals surface area contributed by atoms with Crippen molar-refractivity contribution >= 4 is 39.1 Å². The van der Waals surface area contributed by atoms with Crippen molar-refractivity contribution in [3.05, 3.63) is 61.1 Å². The number of rotatable bonds is 6. The number of carbonyl (C=O) groups excluding carboxylic acids is 1. The molecule has 0 saturated carbocycles. The predicted molar refractivity (Wildman–Crippen MR) is 96.5 cm³/mol. The Balaban J connectivity index is 2.16. The highest BCUT2D eigenvalue weighted by molar-refractivity contribution is 9.10. The second kappa shape index (κ2) is 8.17. The summed E-state index contributed by atoms with van der Waals surface area (Å²) in [6, 6.07) is 7.16. The minimum Gasteiger partial charge on any atom is -0.493 e. The third-order valence-corrected chi connectivity index (χ3v) is 4.45. The van der Waals surface area contributed by atoms with Crippen LogP contribution < -0.4 is 14.8 Å². The van der Waals surface area contributed by atoms with Crippen molar-refractivity contribution in [3.8, 4) is 11.5 Å². The van der Waals surface area contributed by atoms with Crippen molar-refractivity contribution in [2.24, 2.45) is 0 Å². The second-order valence-electron chi connectivity index (χ2n) is 4.90. The van der Waals surface area contributed by atoms with Gasteiger partial charge < -0.3 is 14.8 Å². The van der Waals surface area contributed by atoms with Gasteiger partial charge in [0.25, 0.3) is 11.6 Å². The van der Waals surface area contributed by atoms with Crippen LogP contribution in [0.4, 0.5) is 5.69 Å². The van der Waals surface area contributed by atoms with Crippen LogP contribution in [0.3, 0.4) is 0 Å². The Morgan fingerprint density at radius 2 is 1.88 bits per heavy atom. The van der Waals surface area contributed by atoms with E-state index in [0.29, 0.717) is 11.5 Å². The zero-order valence-electron chi connectivity index (χ0n) is 13.3. The summed E-state index contributed by atoms with van der Waals surface area (Å²) in [4.78, 5) is 22.4. The van der Waals surface area contributed by atoms with Crippen LogP contribution in [0.5, 0.6) is 11.5 Å². The fraction of sp³-hybridized carbons (Fsp3) is 0.188. The molecular formula is C16H14BrClN2O5. The molecule has 0 aliphatic rings. The molecule has 25 heavy (non-hydrogen) atoms. The molecular weight excluding hydrogens is 416 g/mol. The Kier molecular flexibility index (Phi) is 6.22. The zero-order valence-corrected chi connectivity index (χ0v) is 15.7. The molecule has 2 aromatic carbocycles. The van der Waals surface area contributed by atoms with E-state index in [-0.39, 0.29) is 22.8 Å². The van der Waals surface area contributed by atoms with Gasteiger partial charge in [-0.2, -0.15) is 0 Å². The molecule has 0 spiro atoms. The smallest absolute Gasteiger partial charge is 0.270 e. The number of methoxy groups -OCH3 is 2. The van der Waals surface area contributed by atoms with Gasteiger partial charge in [0.1, 0.15) is 0 Å². The first-order valence-corrected chi connectivity index (χ1v) is 8.17. The van der Waals surface area contributed by atoms with Gasteiger partial charge in [0.15, 0.2) is 11.5 Å². The number of halogens is 2. The minimum absolute atomic E-state index is 0.0121. The summed E-state index contributed by atoms with van der Waals surface area (Å²) in [5, 5.41) is 13.4. The molecule has 0 aromatic heterocycles. The summed E-state index contributed by atoms with van der Waals surface area (Å²) in [6.07, 6.45) is 0. The Labute approximate surface area is 157 Å². The van der Waals surface area contributed by atoms with Gasteiger partial charge in [-0.25, -0.2) is 0 Å². The van der Waals surface area contributed by atoms with Crippen LogP contribution in [-0.2, 0) is 6.54 Å². The lowest BCUT2D eigenvalue weighted by Crippen LogP contribution is -2.23. The van der Waals surface area contributed by atoms with E-state index < -0.39 is 10.8 Å². The quantitative estimate of drug-likeness (QED) is 0.554. The molecule has 0 radical (unpaired) electrons. The number of nitro benzene ring substituents is 1. The van der Waals surface area contributed by atoms with Crippen molar-refractivity contribution in [1.29, 1.82) is 0 Å². The molecule has 0 bridgehead atoms. The summed E-state index contributed by atoms with van der Waals surface area (Å²) in [5.41, 5.74) is 0.747. The fourth-order valence-electron chi connectivity index (χ4n) is 2.10. The third-order valence-electron chi connectivity index (χ3n) is 3.40. The number of hydrogen-bond donors (Lipinski definition) is 1. The fourth-order valence-corrected chi connectivity index (χ4v) is 2.83. The Bertz CT molecular complexity index is 828. The molecule has 0 unspecified atom stereocenters. The molecule has 0 saturated heterocycles. The maximum atomic E-state index is 12.3. The van der Waals surface area contributed by atoms with Gasteiger partial charge in [0.2, 0.25) is 0 Å². The van der Waals surface area contributed by atoms with E-state index in [0.717, 1.165) is 16.1 Å². The van der Waals surface area contributed by atoms with Gasteiger partial charge >= 0.3 is 0 Å². The molecule has 1 N–H and O–H groups in total. The van der Waals surface area contributed by atoms with Gasteiger partial charge in [-0.1, -0.05) is 27.5 Å². The van der Waals surface area contributed by atoms with Crippen LogP contribution >= 0.6 is 27.5 Å². The van der Waals surface area contributed by atoms with E-state index >= 15 is 0 Å². The van der Waals surface area contributed by atoms with Crippen LogP contribution in [0.2, 0.25) is 5.02 Å². The van der Waals surface area contributed by atoms with Crippen LogP contribution in [0, 0.1) is 10.1 Å². The number of carbonyl (C=O) groups is 1. The summed E-state index contributed by atoms with van der Waals surface area (Å²) in [6.45, 7) is 0.201. The molecule has 0 fully saturated rings. The number of nitrogens with one attached hydrogen (secondary N) is 1. The number of ether oxygens (including phenoxy) is 2. The molecule has 132 valence electrons. The van der Waals surface area contributed by atoms with E-state index in [1.165, 1.54) is 26.4 Å². The summed E-state index contributed by atoms with van der Waals surface area (Å²) in [7, 11) is 3.05. The lowest BCUT2D eigenvalue weighted by molar-refractivity contribution is -0.384. The molecule has 0 aliphatic carbocycles. The maximum absolute atomic E-state index is 12.3. The van der Waals surface area contributed by atoms with Crippen LogP contribution in [0.25, 0.3) is 0 Å². The highest BCUT2D eigenvalue weighted by Gasteiger charge is 2.16. The molecule has 0 aliphatic heterocycles. The van der Waals surface area contributed by atoms with Gasteiger partial charge in [-0.3, -0.25) is 14.9 Å². The molecule has 2 aromatic rings. The van der Waals surface area contributed by atoms with E-state index in [9.17, 15) is 14.9 Å². The number of nitrogens with zero attached hydrogens (tertiary/aromatic N) is 1. The summed E-state index contributed by atoms with van der Waals surface area (Å²) in [5.74, 6) is 0.646. The van der Waals surface area contributed by atoms with Crippen molar-refractivity contribution in [1.82, 2.24) is 5.32 Å². The van der Waals surface area contributed by atoms with Gasteiger partial charge in [0, 0.05) is 23.2 Å². The lowest BCUT2D eigenvalue weighted by Gasteiger charge is -2.13. The maximum Gasteiger partial charge on any atom is 0.270 e. The molecule has 7 nitrogen and oxygen atoms in total. The van der Waals surface area contributed by atoms with Crippen molar-refractivity contribution < 1.29 is 19.2 Å². The normalized spacial score (nSPS) is 10.2. The van der Waals surface area contributed by atoms with E-state index in [1.54, 1.807) is 12.1 Å². The largest absolute Gasteiger partial charge is 0.493 e. The highest BCUT2D eigenvalue weighted by atomic mass is 79.9. The van der Waals surface area contributed by atoms with Gasteiger partial charge in [0.05, 0.1) is 29.7 Å². The summed E-state index contributed by atoms with van der Waals surface area (Å²) >= 11 is 9.37. The number of hydrogen-bond acceptors (Lipinski definition) is 5. The zero-order chi connectivity index (χ0) is 18.6. The van der Waals surface area contributed by atoms with Gasteiger partial charge in [-0.05, 0) is 23.8 Å². The first kappa shape index (κ1) is 19.0. The van der Waals surface area contributed by atoms with Crippen LogP contribution in [0.15, 0.2) is 34.8 Å². The SMILES string of the molecule is COc1cc(Br)c(CNC(=O)c2ccc([N+](=O)[O-])cc2Cl)cc1OC. The van der Waals surface area contributed by atoms with Crippen molar-refractivity contribution in [2.75, 3.05) is 14.2 Å². The predicted octanol–water partition coefficient (Wildman–Crippen LogP) is 3.96. The molecule has 2 rings (SSSR count). The molecule has 0 heterocycles. The average molecular weight is 430 g/mol. The first-order valence-electron chi connectivity index (χ1n) is 7.00. The first-order chi connectivity index (χ1) is 11.9. The number of amides is 1. The van der Waals surface area contributed by atoms with Crippen LogP contribution in [-0.4, -0.2) is 25.1 Å². The van der Waals surface area contributed by atoms with Crippen LogP contribution in [0.1, 0.15) is 15.9 Å². The summed E-state index contributed by atoms with van der Waals surface area (Å²) < 4.78 is 11.2. The molecule has 0 atom stereocenters. The standard InChI is InChI=1S/C16H14BrClN2O5/c1-24-14-5-9(12(17)7-15(14)25-2)8-19-16(21)11-4-3-10(20(22)23)6-13(11)18/h3-7H,8H2,1-2H3,(H,19,21). The van der Waals surface area contributed by atoms with Crippen molar-refractivity contribution in [2.45, 2.75) is 6.54 Å². The number of non-ortho nitro benzene ring substituents is 1. The third kappa shape index (κ3) is 4.40. The molecule has 9 heteroatoms. The Hall–Kier alpha value is -2.32. The average Bonchev–Trinajstić information content (AvgIpc) is 2.59. The van der Waals surface area contributed by atoms with Crippen molar-refractivity contribution in [3.63, 3.8) is 0 Å². The van der Waals surface area contributed by atoms with Gasteiger partial charge in [-0.15, -0.1) is 0 Å². The molecule has 1 amide bonds. The second-order valence-corrected chi connectivity index (χ2v) is 6.16. The number of benzene rings is 2.